The summed E-state index contributed by atoms with van der Waals surface area (Å²) in [6.45, 7) is 11.5. The fraction of sp³-hybridized carbons (Fsp3) is 0.767. The number of unbranched alkanes of at least 4 members (excludes halogenated alkanes) is 1. The van der Waals surface area contributed by atoms with Crippen molar-refractivity contribution in [2.75, 3.05) is 0 Å². The van der Waals surface area contributed by atoms with Crippen LogP contribution in [0.5, 0.6) is 5.75 Å². The molecule has 0 aliphatic carbocycles. The molecule has 0 aliphatic heterocycles. The van der Waals surface area contributed by atoms with Crippen molar-refractivity contribution in [1.82, 2.24) is 0 Å². The van der Waals surface area contributed by atoms with Crippen molar-refractivity contribution in [3.63, 3.8) is 0 Å². The molecule has 32 heavy (non-hydrogen) atoms. The molecule has 0 N–H and O–H groups in total. The Bertz CT molecular complexity index is 577. The minimum absolute atomic E-state index is 0.0827. The average Bonchev–Trinajstić information content (AvgIpc) is 2.77. The molecule has 0 aromatic heterocycles. The fourth-order valence-corrected chi connectivity index (χ4v) is 5.04. The molecule has 0 heterocycles. The summed E-state index contributed by atoms with van der Waals surface area (Å²) in [6, 6.07) is 8.29. The normalized spacial score (nSPS) is 14.2. The number of esters is 1. The lowest BCUT2D eigenvalue weighted by Crippen LogP contribution is -2.09. The zero-order chi connectivity index (χ0) is 23.6. The first-order chi connectivity index (χ1) is 15.5. The molecule has 3 unspecified atom stereocenters. The number of benzene rings is 1. The lowest BCUT2D eigenvalue weighted by molar-refractivity contribution is -0.134. The standard InChI is InChI=1S/C30H52O2/c1-6-10-19-27(15-9-4)28-21-23-29(24-22-28)32-30(31)20-12-18-26(14-8-3)17-11-16-25(5)13-7-2/h21-27H,6-20H2,1-5H3. The fourth-order valence-electron chi connectivity index (χ4n) is 5.04. The number of carbonyl (C=O) groups is 1. The van der Waals surface area contributed by atoms with E-state index in [0.29, 0.717) is 18.1 Å². The third-order valence-electron chi connectivity index (χ3n) is 6.91. The average molecular weight is 445 g/mol. The van der Waals surface area contributed by atoms with Gasteiger partial charge in [-0.1, -0.05) is 111 Å². The largest absolute Gasteiger partial charge is 0.427 e. The third-order valence-corrected chi connectivity index (χ3v) is 6.91. The maximum absolute atomic E-state index is 12.4. The first-order valence-electron chi connectivity index (χ1n) is 13.8. The van der Waals surface area contributed by atoms with E-state index >= 15 is 0 Å². The maximum atomic E-state index is 12.4. The molecular weight excluding hydrogens is 392 g/mol. The first-order valence-corrected chi connectivity index (χ1v) is 13.8. The van der Waals surface area contributed by atoms with Gasteiger partial charge in [0.05, 0.1) is 0 Å². The molecule has 0 saturated carbocycles. The van der Waals surface area contributed by atoms with E-state index in [1.165, 1.54) is 82.6 Å². The van der Waals surface area contributed by atoms with Gasteiger partial charge in [-0.2, -0.15) is 0 Å². The molecule has 184 valence electrons. The van der Waals surface area contributed by atoms with Crippen molar-refractivity contribution in [1.29, 1.82) is 0 Å². The zero-order valence-corrected chi connectivity index (χ0v) is 22.0. The van der Waals surface area contributed by atoms with Crippen LogP contribution in [-0.4, -0.2) is 5.97 Å². The Kier molecular flexibility index (Phi) is 16.3. The highest BCUT2D eigenvalue weighted by Crippen LogP contribution is 2.29. The molecule has 3 atom stereocenters. The van der Waals surface area contributed by atoms with Gasteiger partial charge in [0.1, 0.15) is 5.75 Å². The van der Waals surface area contributed by atoms with E-state index in [1.54, 1.807) is 0 Å². The van der Waals surface area contributed by atoms with Crippen LogP contribution in [0.3, 0.4) is 0 Å². The van der Waals surface area contributed by atoms with Gasteiger partial charge in [-0.3, -0.25) is 4.79 Å². The van der Waals surface area contributed by atoms with E-state index < -0.39 is 0 Å². The smallest absolute Gasteiger partial charge is 0.311 e. The first kappa shape index (κ1) is 28.7. The number of ether oxygens (including phenoxy) is 1. The van der Waals surface area contributed by atoms with Gasteiger partial charge in [0, 0.05) is 6.42 Å². The van der Waals surface area contributed by atoms with Crippen molar-refractivity contribution in [3.05, 3.63) is 29.8 Å². The molecule has 0 bridgehead atoms. The van der Waals surface area contributed by atoms with Gasteiger partial charge >= 0.3 is 5.97 Å². The summed E-state index contributed by atoms with van der Waals surface area (Å²) < 4.78 is 5.63. The molecule has 1 rings (SSSR count). The van der Waals surface area contributed by atoms with E-state index in [1.807, 2.05) is 12.1 Å². The topological polar surface area (TPSA) is 26.3 Å². The maximum Gasteiger partial charge on any atom is 0.311 e. The van der Waals surface area contributed by atoms with E-state index in [0.717, 1.165) is 24.7 Å². The van der Waals surface area contributed by atoms with Gasteiger partial charge in [-0.05, 0) is 61.1 Å². The second-order valence-corrected chi connectivity index (χ2v) is 10.0. The number of rotatable bonds is 19. The highest BCUT2D eigenvalue weighted by atomic mass is 16.5. The number of carbonyl (C=O) groups excluding carboxylic acids is 1. The van der Waals surface area contributed by atoms with Crippen LogP contribution >= 0.6 is 0 Å². The summed E-state index contributed by atoms with van der Waals surface area (Å²) in [5.74, 6) is 2.86. The van der Waals surface area contributed by atoms with Crippen LogP contribution in [0.4, 0.5) is 0 Å². The Labute approximate surface area is 199 Å². The minimum atomic E-state index is -0.0827. The quantitative estimate of drug-likeness (QED) is 0.157. The molecule has 0 aliphatic rings. The van der Waals surface area contributed by atoms with Crippen molar-refractivity contribution < 1.29 is 9.53 Å². The van der Waals surface area contributed by atoms with Gasteiger partial charge in [0.15, 0.2) is 0 Å². The van der Waals surface area contributed by atoms with E-state index in [2.05, 4.69) is 46.8 Å². The van der Waals surface area contributed by atoms with Gasteiger partial charge in [0.2, 0.25) is 0 Å². The van der Waals surface area contributed by atoms with Crippen LogP contribution in [0, 0.1) is 11.8 Å². The highest BCUT2D eigenvalue weighted by molar-refractivity contribution is 5.72. The number of hydrogen-bond acceptors (Lipinski definition) is 2. The van der Waals surface area contributed by atoms with Crippen molar-refractivity contribution in [2.24, 2.45) is 11.8 Å². The SMILES string of the molecule is CCCCC(CCC)c1ccc(OC(=O)CCCC(CCC)CCCC(C)CCC)cc1. The van der Waals surface area contributed by atoms with Gasteiger partial charge < -0.3 is 4.74 Å². The summed E-state index contributed by atoms with van der Waals surface area (Å²) in [5.41, 5.74) is 1.38. The molecule has 1 aromatic rings. The lowest BCUT2D eigenvalue weighted by Gasteiger charge is -2.17. The monoisotopic (exact) mass is 444 g/mol. The van der Waals surface area contributed by atoms with Gasteiger partial charge in [-0.25, -0.2) is 0 Å². The molecule has 2 heteroatoms. The summed E-state index contributed by atoms with van der Waals surface area (Å²) in [5, 5.41) is 0. The number of hydrogen-bond donors (Lipinski definition) is 0. The highest BCUT2D eigenvalue weighted by Gasteiger charge is 2.13. The van der Waals surface area contributed by atoms with Gasteiger partial charge in [0.25, 0.3) is 0 Å². The molecular formula is C30H52O2. The molecule has 1 aromatic carbocycles. The second kappa shape index (κ2) is 18.2. The van der Waals surface area contributed by atoms with Crippen LogP contribution in [-0.2, 0) is 4.79 Å². The van der Waals surface area contributed by atoms with Crippen molar-refractivity contribution in [3.8, 4) is 5.75 Å². The molecule has 0 saturated heterocycles. The Morgan fingerprint density at radius 3 is 2.00 bits per heavy atom. The summed E-state index contributed by atoms with van der Waals surface area (Å²) in [7, 11) is 0. The molecule has 2 nitrogen and oxygen atoms in total. The van der Waals surface area contributed by atoms with Crippen LogP contribution in [0.1, 0.15) is 142 Å². The van der Waals surface area contributed by atoms with E-state index in [-0.39, 0.29) is 5.97 Å². The molecule has 0 amide bonds. The van der Waals surface area contributed by atoms with Crippen molar-refractivity contribution >= 4 is 5.97 Å². The Hall–Kier alpha value is -1.31. The minimum Gasteiger partial charge on any atom is -0.427 e. The summed E-state index contributed by atoms with van der Waals surface area (Å²) in [4.78, 5) is 12.4. The Morgan fingerprint density at radius 1 is 0.719 bits per heavy atom. The molecule has 0 radical (unpaired) electrons. The van der Waals surface area contributed by atoms with E-state index in [9.17, 15) is 4.79 Å². The summed E-state index contributed by atoms with van der Waals surface area (Å²) >= 11 is 0. The predicted octanol–water partition coefficient (Wildman–Crippen LogP) is 9.86. The molecule has 0 spiro atoms. The van der Waals surface area contributed by atoms with E-state index in [4.69, 9.17) is 4.74 Å². The Balaban J connectivity index is 2.40. The zero-order valence-electron chi connectivity index (χ0n) is 22.0. The molecule has 0 fully saturated rings. The third kappa shape index (κ3) is 12.7. The predicted molar refractivity (Wildman–Crippen MR) is 139 cm³/mol. The Morgan fingerprint density at radius 2 is 1.38 bits per heavy atom. The van der Waals surface area contributed by atoms with Crippen LogP contribution in [0.2, 0.25) is 0 Å². The summed E-state index contributed by atoms with van der Waals surface area (Å²) in [6.07, 6.45) is 18.0. The van der Waals surface area contributed by atoms with Crippen LogP contribution in [0.25, 0.3) is 0 Å². The second-order valence-electron chi connectivity index (χ2n) is 10.0. The lowest BCUT2D eigenvalue weighted by atomic mass is 9.89. The van der Waals surface area contributed by atoms with Gasteiger partial charge in [-0.15, -0.1) is 0 Å². The van der Waals surface area contributed by atoms with Crippen LogP contribution < -0.4 is 4.74 Å². The van der Waals surface area contributed by atoms with Crippen LogP contribution in [0.15, 0.2) is 24.3 Å². The van der Waals surface area contributed by atoms with Crippen molar-refractivity contribution in [2.45, 2.75) is 137 Å².